The Bertz CT molecular complexity index is 1020. The van der Waals surface area contributed by atoms with Gasteiger partial charge in [0.15, 0.2) is 11.4 Å². The number of Topliss-reactive ketones (excluding diaryl/α,β-unsaturated/α-hetero) is 1. The van der Waals surface area contributed by atoms with Crippen LogP contribution in [0.15, 0.2) is 42.5 Å². The lowest BCUT2D eigenvalue weighted by Crippen LogP contribution is -2.64. The number of nitrogens with zero attached hydrogens (tertiary/aromatic N) is 2. The zero-order chi connectivity index (χ0) is 21.2. The molecule has 29 heavy (non-hydrogen) atoms. The van der Waals surface area contributed by atoms with Crippen LogP contribution in [0.2, 0.25) is 0 Å². The molecule has 0 spiro atoms. The maximum absolute atomic E-state index is 13.0. The van der Waals surface area contributed by atoms with Crippen molar-refractivity contribution in [2.45, 2.75) is 24.2 Å². The van der Waals surface area contributed by atoms with Crippen LogP contribution in [0.4, 0.5) is 18.9 Å². The highest BCUT2D eigenvalue weighted by Crippen LogP contribution is 2.36. The summed E-state index contributed by atoms with van der Waals surface area (Å²) in [6.07, 6.45) is -4.76. The minimum absolute atomic E-state index is 0.0183. The van der Waals surface area contributed by atoms with E-state index in [1.54, 1.807) is 0 Å². The number of rotatable bonds is 5. The molecule has 1 fully saturated rings. The number of ketones is 1. The molecule has 0 saturated heterocycles. The molecule has 0 radical (unpaired) electrons. The fourth-order valence-corrected chi connectivity index (χ4v) is 2.97. The van der Waals surface area contributed by atoms with Crippen LogP contribution in [0.5, 0.6) is 5.75 Å². The summed E-state index contributed by atoms with van der Waals surface area (Å²) >= 11 is 0. The summed E-state index contributed by atoms with van der Waals surface area (Å²) in [5.74, 6) is -0.243. The van der Waals surface area contributed by atoms with Gasteiger partial charge in [-0.2, -0.15) is 23.7 Å². The van der Waals surface area contributed by atoms with Crippen LogP contribution in [-0.4, -0.2) is 29.1 Å². The van der Waals surface area contributed by atoms with Crippen LogP contribution >= 0.6 is 0 Å². The number of hydrogen-bond donors (Lipinski definition) is 2. The molecule has 1 saturated carbocycles. The summed E-state index contributed by atoms with van der Waals surface area (Å²) < 4.78 is 44.5. The van der Waals surface area contributed by atoms with E-state index in [0.29, 0.717) is 11.3 Å². The molecule has 0 amide bonds. The van der Waals surface area contributed by atoms with Gasteiger partial charge < -0.3 is 15.2 Å². The minimum atomic E-state index is -4.71. The third kappa shape index (κ3) is 4.15. The van der Waals surface area contributed by atoms with Crippen LogP contribution < -0.4 is 10.1 Å². The quantitative estimate of drug-likeness (QED) is 0.798. The second kappa shape index (κ2) is 7.46. The summed E-state index contributed by atoms with van der Waals surface area (Å²) in [6.45, 7) is -0.322. The van der Waals surface area contributed by atoms with Crippen molar-refractivity contribution in [1.29, 1.82) is 10.5 Å². The molecule has 6 nitrogen and oxygen atoms in total. The Balaban J connectivity index is 1.63. The van der Waals surface area contributed by atoms with Crippen LogP contribution in [0.1, 0.15) is 23.1 Å². The number of nitrogens with one attached hydrogen (secondary N) is 1. The Hall–Kier alpha value is -3.56. The molecule has 1 aliphatic carbocycles. The Morgan fingerprint density at radius 2 is 1.86 bits per heavy atom. The first-order valence-corrected chi connectivity index (χ1v) is 8.44. The molecule has 3 rings (SSSR count). The number of carbonyl (C=O) groups is 1. The molecule has 1 aliphatic rings. The van der Waals surface area contributed by atoms with Crippen molar-refractivity contribution < 1.29 is 27.8 Å². The third-order valence-corrected chi connectivity index (χ3v) is 4.56. The van der Waals surface area contributed by atoms with Crippen molar-refractivity contribution in [2.75, 3.05) is 11.9 Å². The number of carbonyl (C=O) groups excluding carboxylic acids is 1. The van der Waals surface area contributed by atoms with Crippen molar-refractivity contribution in [1.82, 2.24) is 0 Å². The number of anilines is 1. The van der Waals surface area contributed by atoms with E-state index in [1.807, 2.05) is 6.07 Å². The minimum Gasteiger partial charge on any atom is -0.490 e. The lowest BCUT2D eigenvalue weighted by atomic mass is 9.74. The average molecular weight is 401 g/mol. The van der Waals surface area contributed by atoms with E-state index in [9.17, 15) is 23.1 Å². The highest BCUT2D eigenvalue weighted by Gasteiger charge is 2.53. The Morgan fingerprint density at radius 1 is 1.17 bits per heavy atom. The molecule has 2 aromatic rings. The van der Waals surface area contributed by atoms with Gasteiger partial charge in [-0.05, 0) is 42.5 Å². The Labute approximate surface area is 163 Å². The summed E-state index contributed by atoms with van der Waals surface area (Å²) in [6, 6.07) is 11.7. The van der Waals surface area contributed by atoms with Gasteiger partial charge in [0.25, 0.3) is 0 Å². The number of halogens is 3. The number of benzene rings is 2. The van der Waals surface area contributed by atoms with Crippen LogP contribution in [-0.2, 0) is 11.0 Å². The predicted octanol–water partition coefficient (Wildman–Crippen LogP) is 3.01. The molecule has 2 aromatic carbocycles. The molecular formula is C20H14F3N3O3. The number of ether oxygens (including phenoxy) is 1. The summed E-state index contributed by atoms with van der Waals surface area (Å²) in [5.41, 5.74) is -2.93. The summed E-state index contributed by atoms with van der Waals surface area (Å²) in [4.78, 5) is 12.3. The molecule has 0 aromatic heterocycles. The van der Waals surface area contributed by atoms with Gasteiger partial charge in [-0.25, -0.2) is 0 Å². The standard InChI is InChI=1S/C20H14F3N3O3/c21-20(22,23)16-7-14(4-3-13(16)10-25)26-17-8-19(28,18(17)27)11-29-15-5-1-12(9-24)2-6-15/h1-7,17,26,28H,8,11H2/t17-,19+/m1/s1. The van der Waals surface area contributed by atoms with E-state index in [1.165, 1.54) is 36.4 Å². The van der Waals surface area contributed by atoms with E-state index in [-0.39, 0.29) is 18.7 Å². The monoisotopic (exact) mass is 401 g/mol. The van der Waals surface area contributed by atoms with Crippen LogP contribution in [0, 0.1) is 22.7 Å². The molecule has 2 atom stereocenters. The fraction of sp³-hybridized carbons (Fsp3) is 0.250. The number of alkyl halides is 3. The van der Waals surface area contributed by atoms with Gasteiger partial charge in [0.1, 0.15) is 12.4 Å². The molecule has 148 valence electrons. The van der Waals surface area contributed by atoms with E-state index in [0.717, 1.165) is 12.1 Å². The van der Waals surface area contributed by atoms with Gasteiger partial charge in [0, 0.05) is 12.1 Å². The maximum Gasteiger partial charge on any atom is 0.417 e. The zero-order valence-corrected chi connectivity index (χ0v) is 14.8. The number of hydrogen-bond acceptors (Lipinski definition) is 6. The van der Waals surface area contributed by atoms with E-state index in [2.05, 4.69) is 5.32 Å². The van der Waals surface area contributed by atoms with Gasteiger partial charge in [-0.15, -0.1) is 0 Å². The van der Waals surface area contributed by atoms with E-state index >= 15 is 0 Å². The molecule has 0 unspecified atom stereocenters. The number of nitriles is 2. The first-order chi connectivity index (χ1) is 13.7. The predicted molar refractivity (Wildman–Crippen MR) is 94.8 cm³/mol. The van der Waals surface area contributed by atoms with Crippen molar-refractivity contribution in [3.8, 4) is 17.9 Å². The van der Waals surface area contributed by atoms with Gasteiger partial charge in [0.05, 0.1) is 34.9 Å². The molecule has 0 bridgehead atoms. The normalized spacial score (nSPS) is 20.9. The first kappa shape index (κ1) is 20.2. The molecule has 0 aliphatic heterocycles. The van der Waals surface area contributed by atoms with E-state index in [4.69, 9.17) is 15.3 Å². The van der Waals surface area contributed by atoms with Gasteiger partial charge >= 0.3 is 6.18 Å². The highest BCUT2D eigenvalue weighted by atomic mass is 19.4. The zero-order valence-electron chi connectivity index (χ0n) is 14.8. The fourth-order valence-electron chi connectivity index (χ4n) is 2.97. The summed E-state index contributed by atoms with van der Waals surface area (Å²) in [5, 5.41) is 30.6. The Morgan fingerprint density at radius 3 is 2.41 bits per heavy atom. The second-order valence-corrected chi connectivity index (χ2v) is 6.59. The molecule has 9 heteroatoms. The van der Waals surface area contributed by atoms with E-state index < -0.39 is 34.7 Å². The topological polar surface area (TPSA) is 106 Å². The molecular weight excluding hydrogens is 387 g/mol. The van der Waals surface area contributed by atoms with Crippen molar-refractivity contribution >= 4 is 11.5 Å². The van der Waals surface area contributed by atoms with Crippen molar-refractivity contribution in [3.63, 3.8) is 0 Å². The van der Waals surface area contributed by atoms with Gasteiger partial charge in [-0.1, -0.05) is 0 Å². The van der Waals surface area contributed by atoms with Crippen molar-refractivity contribution in [3.05, 3.63) is 59.2 Å². The highest BCUT2D eigenvalue weighted by molar-refractivity contribution is 6.00. The van der Waals surface area contributed by atoms with Crippen LogP contribution in [0.3, 0.4) is 0 Å². The molecule has 0 heterocycles. The smallest absolute Gasteiger partial charge is 0.417 e. The largest absolute Gasteiger partial charge is 0.490 e. The lowest BCUT2D eigenvalue weighted by molar-refractivity contribution is -0.156. The SMILES string of the molecule is N#Cc1ccc(OC[C@@]2(O)C[C@@H](Nc3ccc(C#N)c(C(F)(F)F)c3)C2=O)cc1. The molecule has 2 N–H and O–H groups in total. The first-order valence-electron chi connectivity index (χ1n) is 8.44. The van der Waals surface area contributed by atoms with Gasteiger partial charge in [-0.3, -0.25) is 4.79 Å². The lowest BCUT2D eigenvalue weighted by Gasteiger charge is -2.41. The third-order valence-electron chi connectivity index (χ3n) is 4.56. The van der Waals surface area contributed by atoms with Crippen LogP contribution in [0.25, 0.3) is 0 Å². The second-order valence-electron chi connectivity index (χ2n) is 6.59. The Kier molecular flexibility index (Phi) is 5.19. The average Bonchev–Trinajstić information content (AvgIpc) is 2.71. The number of aliphatic hydroxyl groups is 1. The summed E-state index contributed by atoms with van der Waals surface area (Å²) in [7, 11) is 0. The van der Waals surface area contributed by atoms with Crippen molar-refractivity contribution in [2.24, 2.45) is 0 Å². The maximum atomic E-state index is 13.0. The van der Waals surface area contributed by atoms with Gasteiger partial charge in [0.2, 0.25) is 0 Å².